The van der Waals surface area contributed by atoms with E-state index in [4.69, 9.17) is 4.42 Å². The van der Waals surface area contributed by atoms with Crippen LogP contribution < -0.4 is 10.6 Å². The maximum absolute atomic E-state index is 12.0. The van der Waals surface area contributed by atoms with E-state index in [1.54, 1.807) is 0 Å². The fourth-order valence-electron chi connectivity index (χ4n) is 2.06. The molecule has 0 aliphatic carbocycles. The van der Waals surface area contributed by atoms with E-state index < -0.39 is 0 Å². The van der Waals surface area contributed by atoms with Crippen LogP contribution in [0, 0.1) is 6.92 Å². The minimum Gasteiger partial charge on any atom is -0.464 e. The molecule has 0 radical (unpaired) electrons. The van der Waals surface area contributed by atoms with Crippen LogP contribution in [0.25, 0.3) is 0 Å². The number of furan rings is 1. The first-order valence-electron chi connectivity index (χ1n) is 6.82. The molecule has 1 atom stereocenters. The minimum absolute atomic E-state index is 0.169. The first-order chi connectivity index (χ1) is 9.60. The van der Waals surface area contributed by atoms with Gasteiger partial charge in [-0.15, -0.1) is 0 Å². The van der Waals surface area contributed by atoms with E-state index in [0.717, 1.165) is 29.2 Å². The molecule has 0 saturated heterocycles. The lowest BCUT2D eigenvalue weighted by atomic mass is 10.1. The standard InChI is InChI=1S/C16H20N2O2/c1-4-13-7-5-6-8-14(13)18-16(19)17-12(3)15-10-9-11(2)20-15/h5-10,12H,4H2,1-3H3,(H2,17,18,19)/t12-/m1/s1. The molecule has 1 heterocycles. The Labute approximate surface area is 119 Å². The molecule has 0 spiro atoms. The van der Waals surface area contributed by atoms with Crippen molar-refractivity contribution in [1.82, 2.24) is 5.32 Å². The number of para-hydroxylation sites is 1. The smallest absolute Gasteiger partial charge is 0.319 e. The summed E-state index contributed by atoms with van der Waals surface area (Å²) in [5, 5.41) is 5.74. The van der Waals surface area contributed by atoms with Gasteiger partial charge in [-0.05, 0) is 44.0 Å². The van der Waals surface area contributed by atoms with Crippen LogP contribution >= 0.6 is 0 Å². The van der Waals surface area contributed by atoms with Gasteiger partial charge in [0.15, 0.2) is 0 Å². The van der Waals surface area contributed by atoms with Crippen molar-refractivity contribution in [3.8, 4) is 0 Å². The zero-order valence-electron chi connectivity index (χ0n) is 12.1. The Hall–Kier alpha value is -2.23. The molecule has 2 N–H and O–H groups in total. The number of carbonyl (C=O) groups is 1. The number of hydrogen-bond donors (Lipinski definition) is 2. The molecule has 1 aromatic heterocycles. The first kappa shape index (κ1) is 14.2. The molecule has 0 aliphatic rings. The molecule has 2 aromatic rings. The van der Waals surface area contributed by atoms with E-state index in [1.165, 1.54) is 0 Å². The van der Waals surface area contributed by atoms with Gasteiger partial charge in [0.2, 0.25) is 0 Å². The molecule has 1 aromatic carbocycles. The van der Waals surface area contributed by atoms with E-state index in [0.29, 0.717) is 0 Å². The zero-order valence-corrected chi connectivity index (χ0v) is 12.1. The van der Waals surface area contributed by atoms with Crippen LogP contribution in [0.4, 0.5) is 10.5 Å². The average Bonchev–Trinajstić information content (AvgIpc) is 2.86. The number of amides is 2. The van der Waals surface area contributed by atoms with Crippen molar-refractivity contribution >= 4 is 11.7 Å². The largest absolute Gasteiger partial charge is 0.464 e. The molecule has 0 aliphatic heterocycles. The third-order valence-corrected chi connectivity index (χ3v) is 3.18. The SMILES string of the molecule is CCc1ccccc1NC(=O)N[C@H](C)c1ccc(C)o1. The lowest BCUT2D eigenvalue weighted by molar-refractivity contribution is 0.247. The summed E-state index contributed by atoms with van der Waals surface area (Å²) in [5.41, 5.74) is 1.96. The van der Waals surface area contributed by atoms with Crippen LogP contribution in [0.3, 0.4) is 0 Å². The molecule has 0 saturated carbocycles. The summed E-state index contributed by atoms with van der Waals surface area (Å²) in [4.78, 5) is 12.0. The fraction of sp³-hybridized carbons (Fsp3) is 0.312. The third kappa shape index (κ3) is 3.41. The topological polar surface area (TPSA) is 54.3 Å². The van der Waals surface area contributed by atoms with Crippen molar-refractivity contribution in [2.75, 3.05) is 5.32 Å². The Morgan fingerprint density at radius 3 is 2.65 bits per heavy atom. The van der Waals surface area contributed by atoms with Crippen molar-refractivity contribution in [3.05, 3.63) is 53.5 Å². The van der Waals surface area contributed by atoms with Gasteiger partial charge in [-0.25, -0.2) is 4.79 Å². The van der Waals surface area contributed by atoms with Gasteiger partial charge in [-0.2, -0.15) is 0 Å². The van der Waals surface area contributed by atoms with Gasteiger partial charge in [0.05, 0.1) is 6.04 Å². The second-order valence-electron chi connectivity index (χ2n) is 4.78. The Morgan fingerprint density at radius 1 is 1.25 bits per heavy atom. The van der Waals surface area contributed by atoms with E-state index in [2.05, 4.69) is 17.6 Å². The third-order valence-electron chi connectivity index (χ3n) is 3.18. The summed E-state index contributed by atoms with van der Waals surface area (Å²) in [6.07, 6.45) is 0.878. The van der Waals surface area contributed by atoms with Crippen LogP contribution in [0.2, 0.25) is 0 Å². The highest BCUT2D eigenvalue weighted by atomic mass is 16.3. The number of rotatable bonds is 4. The van der Waals surface area contributed by atoms with Crippen LogP contribution in [0.1, 0.15) is 37.0 Å². The van der Waals surface area contributed by atoms with Crippen molar-refractivity contribution < 1.29 is 9.21 Å². The van der Waals surface area contributed by atoms with Gasteiger partial charge in [-0.3, -0.25) is 0 Å². The number of nitrogens with one attached hydrogen (secondary N) is 2. The van der Waals surface area contributed by atoms with Gasteiger partial charge in [-0.1, -0.05) is 25.1 Å². The van der Waals surface area contributed by atoms with E-state index >= 15 is 0 Å². The molecule has 2 amide bonds. The highest BCUT2D eigenvalue weighted by Gasteiger charge is 2.13. The summed E-state index contributed by atoms with van der Waals surface area (Å²) in [7, 11) is 0. The second kappa shape index (κ2) is 6.28. The molecule has 0 unspecified atom stereocenters. The molecule has 106 valence electrons. The van der Waals surface area contributed by atoms with E-state index in [-0.39, 0.29) is 12.1 Å². The van der Waals surface area contributed by atoms with Gasteiger partial charge in [0, 0.05) is 5.69 Å². The molecule has 0 bridgehead atoms. The Morgan fingerprint density at radius 2 is 2.00 bits per heavy atom. The molecule has 4 nitrogen and oxygen atoms in total. The van der Waals surface area contributed by atoms with Crippen LogP contribution in [-0.2, 0) is 6.42 Å². The van der Waals surface area contributed by atoms with Crippen molar-refractivity contribution in [2.45, 2.75) is 33.2 Å². The predicted molar refractivity (Wildman–Crippen MR) is 79.8 cm³/mol. The molecular formula is C16H20N2O2. The first-order valence-corrected chi connectivity index (χ1v) is 6.82. The van der Waals surface area contributed by atoms with Gasteiger partial charge >= 0.3 is 6.03 Å². The maximum Gasteiger partial charge on any atom is 0.319 e. The fourth-order valence-corrected chi connectivity index (χ4v) is 2.06. The summed E-state index contributed by atoms with van der Waals surface area (Å²) in [5.74, 6) is 1.59. The average molecular weight is 272 g/mol. The molecule has 20 heavy (non-hydrogen) atoms. The van der Waals surface area contributed by atoms with Crippen LogP contribution in [0.15, 0.2) is 40.8 Å². The lowest BCUT2D eigenvalue weighted by Crippen LogP contribution is -2.31. The molecular weight excluding hydrogens is 252 g/mol. The monoisotopic (exact) mass is 272 g/mol. The van der Waals surface area contributed by atoms with Crippen molar-refractivity contribution in [3.63, 3.8) is 0 Å². The Kier molecular flexibility index (Phi) is 4.45. The van der Waals surface area contributed by atoms with Gasteiger partial charge in [0.1, 0.15) is 11.5 Å². The number of urea groups is 1. The quantitative estimate of drug-likeness (QED) is 0.882. The molecule has 0 fully saturated rings. The van der Waals surface area contributed by atoms with Crippen molar-refractivity contribution in [1.29, 1.82) is 0 Å². The van der Waals surface area contributed by atoms with Gasteiger partial charge < -0.3 is 15.1 Å². The van der Waals surface area contributed by atoms with Crippen molar-refractivity contribution in [2.24, 2.45) is 0 Å². The summed E-state index contributed by atoms with van der Waals surface area (Å²) >= 11 is 0. The summed E-state index contributed by atoms with van der Waals surface area (Å²) in [6.45, 7) is 5.84. The summed E-state index contributed by atoms with van der Waals surface area (Å²) < 4.78 is 5.50. The second-order valence-corrected chi connectivity index (χ2v) is 4.78. The zero-order chi connectivity index (χ0) is 14.5. The normalized spacial score (nSPS) is 11.9. The van der Waals surface area contributed by atoms with Gasteiger partial charge in [0.25, 0.3) is 0 Å². The summed E-state index contributed by atoms with van der Waals surface area (Å²) in [6, 6.07) is 11.2. The predicted octanol–water partition coefficient (Wildman–Crippen LogP) is 4.03. The number of benzene rings is 1. The Bertz CT molecular complexity index is 590. The number of carbonyl (C=O) groups excluding carboxylic acids is 1. The van der Waals surface area contributed by atoms with Crippen LogP contribution in [-0.4, -0.2) is 6.03 Å². The highest BCUT2D eigenvalue weighted by molar-refractivity contribution is 5.90. The Balaban J connectivity index is 1.98. The number of aryl methyl sites for hydroxylation is 2. The number of hydrogen-bond acceptors (Lipinski definition) is 2. The molecule has 2 rings (SSSR count). The number of anilines is 1. The lowest BCUT2D eigenvalue weighted by Gasteiger charge is -2.14. The molecule has 4 heteroatoms. The van der Waals surface area contributed by atoms with Crippen LogP contribution in [0.5, 0.6) is 0 Å². The van der Waals surface area contributed by atoms with E-state index in [1.807, 2.05) is 50.2 Å². The minimum atomic E-state index is -0.229. The maximum atomic E-state index is 12.0. The van der Waals surface area contributed by atoms with E-state index in [9.17, 15) is 4.79 Å². The highest BCUT2D eigenvalue weighted by Crippen LogP contribution is 2.17.